The number of aryl methyl sites for hydroxylation is 2. The summed E-state index contributed by atoms with van der Waals surface area (Å²) in [7, 11) is -1.89. The van der Waals surface area contributed by atoms with E-state index in [2.05, 4.69) is 0 Å². The van der Waals surface area contributed by atoms with Crippen molar-refractivity contribution in [2.45, 2.75) is 44.6 Å². The highest BCUT2D eigenvalue weighted by Crippen LogP contribution is 2.30. The first-order valence-electron chi connectivity index (χ1n) is 7.68. The van der Waals surface area contributed by atoms with Gasteiger partial charge in [0, 0.05) is 19.1 Å². The van der Waals surface area contributed by atoms with E-state index in [9.17, 15) is 8.42 Å². The maximum Gasteiger partial charge on any atom is 0.243 e. The molecule has 0 saturated carbocycles. The molecule has 2 unspecified atom stereocenters. The van der Waals surface area contributed by atoms with E-state index in [0.29, 0.717) is 29.3 Å². The van der Waals surface area contributed by atoms with E-state index in [0.717, 1.165) is 18.4 Å². The van der Waals surface area contributed by atoms with Crippen molar-refractivity contribution >= 4 is 10.0 Å². The van der Waals surface area contributed by atoms with Gasteiger partial charge in [-0.25, -0.2) is 8.42 Å². The molecule has 1 aliphatic heterocycles. The molecule has 22 heavy (non-hydrogen) atoms. The highest BCUT2D eigenvalue weighted by molar-refractivity contribution is 7.89. The Bertz CT molecular complexity index is 641. The predicted molar refractivity (Wildman–Crippen MR) is 87.6 cm³/mol. The number of ether oxygens (including phenoxy) is 1. The Morgan fingerprint density at radius 1 is 1.32 bits per heavy atom. The Morgan fingerprint density at radius 2 is 2.00 bits per heavy atom. The Morgan fingerprint density at radius 3 is 2.59 bits per heavy atom. The molecule has 1 aromatic carbocycles. The number of hydrogen-bond donors (Lipinski definition) is 1. The normalized spacial score (nSPS) is 21.6. The second kappa shape index (κ2) is 6.56. The Hall–Kier alpha value is -1.11. The maximum absolute atomic E-state index is 13.0. The first kappa shape index (κ1) is 17.2. The van der Waals surface area contributed by atoms with Gasteiger partial charge in [0.15, 0.2) is 0 Å². The van der Waals surface area contributed by atoms with Crippen LogP contribution in [0.2, 0.25) is 0 Å². The van der Waals surface area contributed by atoms with Gasteiger partial charge in [-0.3, -0.25) is 0 Å². The fourth-order valence-electron chi connectivity index (χ4n) is 3.02. The van der Waals surface area contributed by atoms with Crippen LogP contribution in [0.3, 0.4) is 0 Å². The van der Waals surface area contributed by atoms with Crippen LogP contribution in [0.15, 0.2) is 17.0 Å². The molecule has 0 aliphatic carbocycles. The van der Waals surface area contributed by atoms with Crippen LogP contribution < -0.4 is 10.5 Å². The topological polar surface area (TPSA) is 72.6 Å². The molecule has 6 heteroatoms. The molecule has 0 radical (unpaired) electrons. The third kappa shape index (κ3) is 3.29. The van der Waals surface area contributed by atoms with E-state index in [1.807, 2.05) is 20.8 Å². The molecule has 1 aliphatic rings. The molecule has 124 valence electrons. The van der Waals surface area contributed by atoms with Gasteiger partial charge in [0.2, 0.25) is 10.0 Å². The Labute approximate surface area is 133 Å². The van der Waals surface area contributed by atoms with Crippen molar-refractivity contribution in [1.29, 1.82) is 0 Å². The van der Waals surface area contributed by atoms with Crippen LogP contribution in [0.25, 0.3) is 0 Å². The Kier molecular flexibility index (Phi) is 5.14. The van der Waals surface area contributed by atoms with Crippen molar-refractivity contribution in [3.63, 3.8) is 0 Å². The minimum atomic E-state index is -3.48. The van der Waals surface area contributed by atoms with Crippen LogP contribution in [0.5, 0.6) is 5.75 Å². The van der Waals surface area contributed by atoms with Crippen molar-refractivity contribution in [2.24, 2.45) is 11.7 Å². The molecule has 1 fully saturated rings. The van der Waals surface area contributed by atoms with Crippen molar-refractivity contribution in [3.8, 4) is 5.75 Å². The molecule has 0 amide bonds. The second-order valence-corrected chi connectivity index (χ2v) is 8.12. The van der Waals surface area contributed by atoms with Gasteiger partial charge in [0.25, 0.3) is 0 Å². The quantitative estimate of drug-likeness (QED) is 0.919. The standard InChI is InChI=1S/C16H26N2O3S/c1-11-9-16(12(2)8-15(11)21-4)22(19,20)18-7-5-6-14(10-18)13(3)17/h8-9,13-14H,5-7,10,17H2,1-4H3. The third-order valence-corrected chi connectivity index (χ3v) is 6.48. The van der Waals surface area contributed by atoms with E-state index in [-0.39, 0.29) is 12.0 Å². The number of hydrogen-bond acceptors (Lipinski definition) is 4. The number of methoxy groups -OCH3 is 1. The first-order valence-corrected chi connectivity index (χ1v) is 9.12. The van der Waals surface area contributed by atoms with Gasteiger partial charge in [-0.1, -0.05) is 0 Å². The lowest BCUT2D eigenvalue weighted by atomic mass is 9.93. The van der Waals surface area contributed by atoms with Gasteiger partial charge in [0.1, 0.15) is 5.75 Å². The summed E-state index contributed by atoms with van der Waals surface area (Å²) in [4.78, 5) is 0.371. The van der Waals surface area contributed by atoms with E-state index in [4.69, 9.17) is 10.5 Å². The van der Waals surface area contributed by atoms with Gasteiger partial charge in [-0.15, -0.1) is 0 Å². The van der Waals surface area contributed by atoms with Crippen LogP contribution in [0.4, 0.5) is 0 Å². The van der Waals surface area contributed by atoms with Crippen molar-refractivity contribution in [3.05, 3.63) is 23.3 Å². The van der Waals surface area contributed by atoms with Gasteiger partial charge in [-0.2, -0.15) is 4.31 Å². The van der Waals surface area contributed by atoms with Gasteiger partial charge in [0.05, 0.1) is 12.0 Å². The largest absolute Gasteiger partial charge is 0.496 e. The second-order valence-electron chi connectivity index (χ2n) is 6.21. The molecular weight excluding hydrogens is 300 g/mol. The zero-order chi connectivity index (χ0) is 16.5. The molecule has 1 aromatic rings. The zero-order valence-corrected chi connectivity index (χ0v) is 14.6. The van der Waals surface area contributed by atoms with Crippen LogP contribution in [0.1, 0.15) is 30.9 Å². The SMILES string of the molecule is COc1cc(C)c(S(=O)(=O)N2CCCC(C(C)N)C2)cc1C. The fraction of sp³-hybridized carbons (Fsp3) is 0.625. The molecular formula is C16H26N2O3S. The molecule has 2 atom stereocenters. The maximum atomic E-state index is 13.0. The molecule has 5 nitrogen and oxygen atoms in total. The lowest BCUT2D eigenvalue weighted by molar-refractivity contribution is 0.243. The summed E-state index contributed by atoms with van der Waals surface area (Å²) >= 11 is 0. The Balaban J connectivity index is 2.36. The summed E-state index contributed by atoms with van der Waals surface area (Å²) in [5.41, 5.74) is 7.50. The van der Waals surface area contributed by atoms with Crippen LogP contribution in [0, 0.1) is 19.8 Å². The lowest BCUT2D eigenvalue weighted by Gasteiger charge is -2.34. The van der Waals surface area contributed by atoms with Gasteiger partial charge in [-0.05, 0) is 62.8 Å². The summed E-state index contributed by atoms with van der Waals surface area (Å²) in [5.74, 6) is 0.937. The molecule has 0 aromatic heterocycles. The third-order valence-electron chi connectivity index (χ3n) is 4.47. The summed E-state index contributed by atoms with van der Waals surface area (Å²) in [6.07, 6.45) is 1.85. The number of nitrogens with zero attached hydrogens (tertiary/aromatic N) is 1. The lowest BCUT2D eigenvalue weighted by Crippen LogP contribution is -2.45. The van der Waals surface area contributed by atoms with E-state index in [1.165, 1.54) is 0 Å². The fourth-order valence-corrected chi connectivity index (χ4v) is 4.85. The molecule has 1 saturated heterocycles. The summed E-state index contributed by atoms with van der Waals surface area (Å²) in [5, 5.41) is 0. The molecule has 0 spiro atoms. The highest BCUT2D eigenvalue weighted by atomic mass is 32.2. The van der Waals surface area contributed by atoms with Crippen molar-refractivity contribution in [1.82, 2.24) is 4.31 Å². The summed E-state index contributed by atoms with van der Waals surface area (Å²) < 4.78 is 32.8. The van der Waals surface area contributed by atoms with E-state index in [1.54, 1.807) is 23.5 Å². The van der Waals surface area contributed by atoms with Crippen molar-refractivity contribution < 1.29 is 13.2 Å². The summed E-state index contributed by atoms with van der Waals surface area (Å²) in [6, 6.07) is 3.51. The average Bonchev–Trinajstić information content (AvgIpc) is 2.49. The van der Waals surface area contributed by atoms with Gasteiger partial charge >= 0.3 is 0 Å². The van der Waals surface area contributed by atoms with E-state index >= 15 is 0 Å². The molecule has 2 N–H and O–H groups in total. The monoisotopic (exact) mass is 326 g/mol. The molecule has 2 rings (SSSR count). The number of sulfonamides is 1. The van der Waals surface area contributed by atoms with Crippen LogP contribution in [-0.2, 0) is 10.0 Å². The smallest absolute Gasteiger partial charge is 0.243 e. The van der Waals surface area contributed by atoms with Crippen LogP contribution in [-0.4, -0.2) is 39.0 Å². The minimum absolute atomic E-state index is 0.0108. The number of rotatable bonds is 4. The number of piperidine rings is 1. The van der Waals surface area contributed by atoms with Crippen LogP contribution >= 0.6 is 0 Å². The van der Waals surface area contributed by atoms with Gasteiger partial charge < -0.3 is 10.5 Å². The van der Waals surface area contributed by atoms with Crippen molar-refractivity contribution in [2.75, 3.05) is 20.2 Å². The highest BCUT2D eigenvalue weighted by Gasteiger charge is 2.32. The zero-order valence-electron chi connectivity index (χ0n) is 13.8. The number of benzene rings is 1. The minimum Gasteiger partial charge on any atom is -0.496 e. The average molecular weight is 326 g/mol. The van der Waals surface area contributed by atoms with E-state index < -0.39 is 10.0 Å². The molecule has 0 bridgehead atoms. The molecule has 1 heterocycles. The predicted octanol–water partition coefficient (Wildman–Crippen LogP) is 2.06. The first-order chi connectivity index (χ1) is 10.3. The number of nitrogens with two attached hydrogens (primary N) is 1. The summed E-state index contributed by atoms with van der Waals surface area (Å²) in [6.45, 7) is 6.68.